The van der Waals surface area contributed by atoms with Crippen LogP contribution in [0.5, 0.6) is 0 Å². The van der Waals surface area contributed by atoms with Crippen molar-refractivity contribution in [3.05, 3.63) is 0 Å². The number of hydrogen-bond acceptors (Lipinski definition) is 4. The van der Waals surface area contributed by atoms with Crippen molar-refractivity contribution in [1.82, 2.24) is 0 Å². The summed E-state index contributed by atoms with van der Waals surface area (Å²) < 4.78 is 21.2. The summed E-state index contributed by atoms with van der Waals surface area (Å²) in [5.74, 6) is 0. The molecule has 0 aliphatic rings. The smallest absolute Gasteiger partial charge is 0.366 e. The molecule has 0 aromatic rings. The summed E-state index contributed by atoms with van der Waals surface area (Å²) >= 11 is 0. The Kier molecular flexibility index (Phi) is 6.33. The fourth-order valence-electron chi connectivity index (χ4n) is 0.700. The minimum Gasteiger partial charge on any atom is -0.366 e. The maximum atomic E-state index is 10.6. The van der Waals surface area contributed by atoms with Gasteiger partial charge in [0.15, 0.2) is 0 Å². The molecule has 8 nitrogen and oxygen atoms in total. The summed E-state index contributed by atoms with van der Waals surface area (Å²) in [4.78, 5) is 34.1. The van der Waals surface area contributed by atoms with Crippen LogP contribution in [0.2, 0.25) is 0 Å². The van der Waals surface area contributed by atoms with Crippen molar-refractivity contribution in [2.24, 2.45) is 5.73 Å². The first-order valence-corrected chi connectivity index (χ1v) is 6.26. The van der Waals surface area contributed by atoms with E-state index in [4.69, 9.17) is 30.4 Å². The third kappa shape index (κ3) is 3.10. The Balaban J connectivity index is 0. The van der Waals surface area contributed by atoms with Crippen molar-refractivity contribution in [1.29, 1.82) is 0 Å². The van der Waals surface area contributed by atoms with Crippen molar-refractivity contribution < 1.29 is 33.8 Å². The second-order valence-electron chi connectivity index (χ2n) is 2.56. The zero-order chi connectivity index (χ0) is 11.1. The van der Waals surface area contributed by atoms with Gasteiger partial charge in [-0.05, 0) is 6.92 Å². The Morgan fingerprint density at radius 2 is 1.36 bits per heavy atom. The number of hydrogen-bond donors (Lipinski definition) is 6. The Labute approximate surface area is 102 Å². The normalized spacial score (nSPS) is 15.9. The Morgan fingerprint density at radius 3 is 1.36 bits per heavy atom. The van der Waals surface area contributed by atoms with E-state index in [1.807, 2.05) is 0 Å². The zero-order valence-corrected chi connectivity index (χ0v) is 11.4. The molecule has 1 radical (unpaired) electrons. The summed E-state index contributed by atoms with van der Waals surface area (Å²) in [6.07, 6.45) is 0. The summed E-state index contributed by atoms with van der Waals surface area (Å²) in [5, 5.41) is 5.60. The monoisotopic (exact) mass is 258 g/mol. The number of aliphatic hydroxyl groups is 1. The van der Waals surface area contributed by atoms with Crippen LogP contribution in [-0.2, 0) is 9.13 Å². The summed E-state index contributed by atoms with van der Waals surface area (Å²) in [6, 6.07) is -1.76. The van der Waals surface area contributed by atoms with Crippen molar-refractivity contribution in [2.45, 2.75) is 18.0 Å². The van der Waals surface area contributed by atoms with Gasteiger partial charge in [-0.1, -0.05) is 0 Å². The van der Waals surface area contributed by atoms with E-state index in [0.29, 0.717) is 0 Å². The molecule has 0 bridgehead atoms. The average molecular weight is 258 g/mol. The standard InChI is InChI=1S/C3H11NO7P2.Na/c1-2(4)3(5,12(6,7)8)13(9,10)11;/h2,5H,4H2,1H3,(H2,6,7,8)(H2,9,10,11);. The fourth-order valence-corrected chi connectivity index (χ4v) is 3.12. The van der Waals surface area contributed by atoms with Gasteiger partial charge in [0, 0.05) is 29.6 Å². The molecular formula is C3H11NNaO7P2. The van der Waals surface area contributed by atoms with E-state index in [1.165, 1.54) is 0 Å². The molecule has 0 aliphatic heterocycles. The van der Waals surface area contributed by atoms with Gasteiger partial charge in [0.25, 0.3) is 5.08 Å². The topological polar surface area (TPSA) is 161 Å². The van der Waals surface area contributed by atoms with Gasteiger partial charge in [-0.2, -0.15) is 0 Å². The maximum Gasteiger partial charge on any atom is 0.371 e. The molecule has 0 amide bonds. The van der Waals surface area contributed by atoms with E-state index < -0.39 is 26.3 Å². The predicted molar refractivity (Wildman–Crippen MR) is 48.4 cm³/mol. The van der Waals surface area contributed by atoms with E-state index in [2.05, 4.69) is 0 Å². The van der Waals surface area contributed by atoms with E-state index in [1.54, 1.807) is 0 Å². The first kappa shape index (κ1) is 17.6. The van der Waals surface area contributed by atoms with Crippen LogP contribution in [-0.4, -0.2) is 65.4 Å². The summed E-state index contributed by atoms with van der Waals surface area (Å²) in [5.41, 5.74) is 4.91. The van der Waals surface area contributed by atoms with E-state index in [9.17, 15) is 9.13 Å². The van der Waals surface area contributed by atoms with Gasteiger partial charge in [-0.15, -0.1) is 0 Å². The molecule has 0 fully saturated rings. The summed E-state index contributed by atoms with van der Waals surface area (Å²) in [6.45, 7) is 0.887. The van der Waals surface area contributed by atoms with Crippen LogP contribution < -0.4 is 5.73 Å². The first-order valence-electron chi connectivity index (χ1n) is 3.04. The minimum atomic E-state index is -5.40. The van der Waals surface area contributed by atoms with Crippen LogP contribution in [0.1, 0.15) is 6.92 Å². The molecule has 0 heterocycles. The van der Waals surface area contributed by atoms with Gasteiger partial charge in [0.1, 0.15) is 0 Å². The van der Waals surface area contributed by atoms with Gasteiger partial charge in [0.2, 0.25) is 0 Å². The molecule has 0 aliphatic carbocycles. The number of rotatable bonds is 3. The fraction of sp³-hybridized carbons (Fsp3) is 1.00. The van der Waals surface area contributed by atoms with Crippen molar-refractivity contribution in [3.8, 4) is 0 Å². The molecule has 0 saturated heterocycles. The molecule has 11 heteroatoms. The second kappa shape index (κ2) is 5.03. The molecule has 1 atom stereocenters. The van der Waals surface area contributed by atoms with Crippen LogP contribution in [0.25, 0.3) is 0 Å². The van der Waals surface area contributed by atoms with Gasteiger partial charge >= 0.3 is 15.2 Å². The van der Waals surface area contributed by atoms with Gasteiger partial charge in [-0.25, -0.2) is 0 Å². The van der Waals surface area contributed by atoms with Crippen molar-refractivity contribution >= 4 is 44.7 Å². The third-order valence-corrected chi connectivity index (χ3v) is 5.56. The molecule has 0 spiro atoms. The maximum absolute atomic E-state index is 10.6. The second-order valence-corrected chi connectivity index (χ2v) is 6.46. The van der Waals surface area contributed by atoms with Crippen LogP contribution in [0.4, 0.5) is 0 Å². The van der Waals surface area contributed by atoms with E-state index >= 15 is 0 Å². The summed E-state index contributed by atoms with van der Waals surface area (Å²) in [7, 11) is -10.8. The third-order valence-electron chi connectivity index (χ3n) is 1.47. The van der Waals surface area contributed by atoms with Gasteiger partial charge < -0.3 is 30.4 Å². The Morgan fingerprint density at radius 1 is 1.14 bits per heavy atom. The molecule has 7 N–H and O–H groups in total. The average Bonchev–Trinajstić information content (AvgIpc) is 1.80. The molecule has 0 aromatic carbocycles. The van der Waals surface area contributed by atoms with E-state index in [-0.39, 0.29) is 29.6 Å². The molecule has 0 aromatic heterocycles. The molecule has 81 valence electrons. The molecule has 1 unspecified atom stereocenters. The van der Waals surface area contributed by atoms with Gasteiger partial charge in [-0.3, -0.25) is 9.13 Å². The molecule has 0 saturated carbocycles. The Hall–Kier alpha value is 1.22. The van der Waals surface area contributed by atoms with Crippen molar-refractivity contribution in [2.75, 3.05) is 0 Å². The molecular weight excluding hydrogens is 247 g/mol. The van der Waals surface area contributed by atoms with E-state index in [0.717, 1.165) is 6.92 Å². The minimum absolute atomic E-state index is 0. The van der Waals surface area contributed by atoms with Gasteiger partial charge in [0.05, 0.1) is 6.04 Å². The Bertz CT molecular complexity index is 259. The van der Waals surface area contributed by atoms with Crippen LogP contribution >= 0.6 is 15.2 Å². The largest absolute Gasteiger partial charge is 0.371 e. The van der Waals surface area contributed by atoms with Crippen LogP contribution in [0.15, 0.2) is 0 Å². The first-order chi connectivity index (χ1) is 5.44. The zero-order valence-electron chi connectivity index (χ0n) is 7.60. The molecule has 14 heavy (non-hydrogen) atoms. The van der Waals surface area contributed by atoms with Crippen LogP contribution in [0, 0.1) is 0 Å². The number of nitrogens with two attached hydrogens (primary N) is 1. The quantitative estimate of drug-likeness (QED) is 0.249. The van der Waals surface area contributed by atoms with Crippen molar-refractivity contribution in [3.63, 3.8) is 0 Å². The SMILES string of the molecule is CC(N)C(O)(P(=O)(O)O)P(=O)(O)O.[Na]. The predicted octanol–water partition coefficient (Wildman–Crippen LogP) is -2.05. The van der Waals surface area contributed by atoms with Crippen LogP contribution in [0.3, 0.4) is 0 Å². The molecule has 0 rings (SSSR count).